The first-order chi connectivity index (χ1) is 11.2. The zero-order chi connectivity index (χ0) is 17.5. The minimum Gasteiger partial charge on any atom is -0.212 e. The maximum absolute atomic E-state index is 12.8. The maximum Gasteiger partial charge on any atom is 0.416 e. The highest BCUT2D eigenvalue weighted by Gasteiger charge is 2.34. The van der Waals surface area contributed by atoms with Gasteiger partial charge < -0.3 is 0 Å². The Morgan fingerprint density at radius 1 is 1.29 bits per heavy atom. The van der Waals surface area contributed by atoms with E-state index in [9.17, 15) is 21.6 Å². The summed E-state index contributed by atoms with van der Waals surface area (Å²) in [6.45, 7) is 2.17. The van der Waals surface area contributed by atoms with Crippen molar-refractivity contribution in [3.05, 3.63) is 57.3 Å². The smallest absolute Gasteiger partial charge is 0.212 e. The van der Waals surface area contributed by atoms with Crippen LogP contribution in [-0.4, -0.2) is 19.3 Å². The molecule has 24 heavy (non-hydrogen) atoms. The number of sulfonamides is 1. The summed E-state index contributed by atoms with van der Waals surface area (Å²) in [7, 11) is -3.70. The highest BCUT2D eigenvalue weighted by molar-refractivity contribution is 7.88. The lowest BCUT2D eigenvalue weighted by Gasteiger charge is -2.32. The molecule has 1 aromatic heterocycles. The summed E-state index contributed by atoms with van der Waals surface area (Å²) in [6, 6.07) is 6.12. The molecule has 1 aromatic carbocycles. The number of alkyl halides is 3. The van der Waals surface area contributed by atoms with E-state index in [2.05, 4.69) is 0 Å². The van der Waals surface area contributed by atoms with Gasteiger partial charge in [-0.2, -0.15) is 17.5 Å². The Morgan fingerprint density at radius 3 is 2.75 bits per heavy atom. The van der Waals surface area contributed by atoms with Gasteiger partial charge in [0.15, 0.2) is 0 Å². The lowest BCUT2D eigenvalue weighted by atomic mass is 10.0. The van der Waals surface area contributed by atoms with E-state index in [4.69, 9.17) is 0 Å². The Labute approximate surface area is 142 Å². The molecular formula is C16H16F3NO2S2. The van der Waals surface area contributed by atoms with Gasteiger partial charge in [0.1, 0.15) is 0 Å². The second kappa shape index (κ2) is 6.16. The lowest BCUT2D eigenvalue weighted by Crippen LogP contribution is -2.38. The minimum atomic E-state index is -4.48. The molecular weight excluding hydrogens is 359 g/mol. The molecule has 0 fully saturated rings. The zero-order valence-electron chi connectivity index (χ0n) is 12.9. The number of thiophene rings is 1. The van der Waals surface area contributed by atoms with Crippen LogP contribution in [0.2, 0.25) is 0 Å². The zero-order valence-corrected chi connectivity index (χ0v) is 14.5. The Kier molecular flexibility index (Phi) is 4.48. The van der Waals surface area contributed by atoms with Gasteiger partial charge >= 0.3 is 6.18 Å². The van der Waals surface area contributed by atoms with Crippen molar-refractivity contribution in [3.8, 4) is 0 Å². The molecule has 0 aliphatic carbocycles. The Bertz CT molecular complexity index is 843. The van der Waals surface area contributed by atoms with E-state index in [1.807, 2.05) is 18.4 Å². The molecule has 3 nitrogen and oxygen atoms in total. The van der Waals surface area contributed by atoms with E-state index < -0.39 is 27.5 Å². The first-order valence-corrected chi connectivity index (χ1v) is 9.89. The largest absolute Gasteiger partial charge is 0.416 e. The Balaban J connectivity index is 1.85. The molecule has 8 heteroatoms. The molecule has 1 atom stereocenters. The van der Waals surface area contributed by atoms with Crippen LogP contribution in [0.4, 0.5) is 13.2 Å². The fourth-order valence-corrected chi connectivity index (χ4v) is 5.69. The third-order valence-corrected chi connectivity index (χ3v) is 7.09. The van der Waals surface area contributed by atoms with Gasteiger partial charge in [0, 0.05) is 17.5 Å². The van der Waals surface area contributed by atoms with Crippen molar-refractivity contribution in [1.29, 1.82) is 0 Å². The maximum atomic E-state index is 12.8. The second-order valence-electron chi connectivity index (χ2n) is 5.79. The summed E-state index contributed by atoms with van der Waals surface area (Å²) in [5.41, 5.74) is 0.300. The van der Waals surface area contributed by atoms with Gasteiger partial charge in [0.25, 0.3) is 0 Å². The normalized spacial score (nSPS) is 19.2. The molecule has 1 aliphatic rings. The molecule has 1 aliphatic heterocycles. The molecule has 0 saturated carbocycles. The molecule has 0 amide bonds. The third kappa shape index (κ3) is 3.36. The number of hydrogen-bond acceptors (Lipinski definition) is 3. The summed E-state index contributed by atoms with van der Waals surface area (Å²) in [5.74, 6) is -0.430. The molecule has 0 saturated heterocycles. The number of nitrogens with zero attached hydrogens (tertiary/aromatic N) is 1. The monoisotopic (exact) mass is 375 g/mol. The van der Waals surface area contributed by atoms with Crippen LogP contribution in [0.5, 0.6) is 0 Å². The highest BCUT2D eigenvalue weighted by Crippen LogP contribution is 2.35. The van der Waals surface area contributed by atoms with Gasteiger partial charge in [-0.1, -0.05) is 18.2 Å². The van der Waals surface area contributed by atoms with Crippen molar-refractivity contribution in [3.63, 3.8) is 0 Å². The Morgan fingerprint density at radius 2 is 2.04 bits per heavy atom. The van der Waals surface area contributed by atoms with Crippen molar-refractivity contribution in [1.82, 2.24) is 4.31 Å². The first kappa shape index (κ1) is 17.4. The Hall–Kier alpha value is -1.38. The summed E-state index contributed by atoms with van der Waals surface area (Å²) in [4.78, 5) is 1.17. The fraction of sp³-hybridized carbons (Fsp3) is 0.375. The standard InChI is InChI=1S/C16H16F3NO2S2/c1-11-14-6-8-23-15(14)5-7-20(11)24(21,22)10-12-3-2-4-13(9-12)16(17,18)19/h2-4,6,8-9,11H,5,7,10H2,1H3/t11-/m0/s1. The molecule has 3 rings (SSSR count). The van der Waals surface area contributed by atoms with Gasteiger partial charge in [0.2, 0.25) is 10.0 Å². The van der Waals surface area contributed by atoms with Gasteiger partial charge in [-0.05, 0) is 42.0 Å². The average molecular weight is 375 g/mol. The van der Waals surface area contributed by atoms with Crippen molar-refractivity contribution >= 4 is 21.4 Å². The van der Waals surface area contributed by atoms with Crippen LogP contribution in [0.1, 0.15) is 34.5 Å². The van der Waals surface area contributed by atoms with E-state index in [0.717, 1.165) is 17.7 Å². The lowest BCUT2D eigenvalue weighted by molar-refractivity contribution is -0.137. The molecule has 0 radical (unpaired) electrons. The van der Waals surface area contributed by atoms with Crippen LogP contribution < -0.4 is 0 Å². The quantitative estimate of drug-likeness (QED) is 0.806. The summed E-state index contributed by atoms with van der Waals surface area (Å²) < 4.78 is 65.2. The SMILES string of the molecule is C[C@H]1c2ccsc2CCN1S(=O)(=O)Cc1cccc(C(F)(F)F)c1. The number of benzene rings is 1. The highest BCUT2D eigenvalue weighted by atomic mass is 32.2. The van der Waals surface area contributed by atoms with Crippen LogP contribution in [0.3, 0.4) is 0 Å². The van der Waals surface area contributed by atoms with E-state index in [1.54, 1.807) is 11.3 Å². The van der Waals surface area contributed by atoms with Crippen molar-refractivity contribution in [2.24, 2.45) is 0 Å². The van der Waals surface area contributed by atoms with Gasteiger partial charge in [0.05, 0.1) is 11.3 Å². The number of rotatable bonds is 3. The van der Waals surface area contributed by atoms with Crippen molar-refractivity contribution in [2.75, 3.05) is 6.54 Å². The summed E-state index contributed by atoms with van der Waals surface area (Å²) in [6.07, 6.45) is -3.84. The minimum absolute atomic E-state index is 0.146. The van der Waals surface area contributed by atoms with Gasteiger partial charge in [-0.25, -0.2) is 8.42 Å². The van der Waals surface area contributed by atoms with E-state index >= 15 is 0 Å². The van der Waals surface area contributed by atoms with Crippen molar-refractivity contribution < 1.29 is 21.6 Å². The van der Waals surface area contributed by atoms with Crippen LogP contribution in [0.15, 0.2) is 35.7 Å². The molecule has 0 unspecified atom stereocenters. The predicted molar refractivity (Wildman–Crippen MR) is 87.2 cm³/mol. The summed E-state index contributed by atoms with van der Waals surface area (Å²) in [5, 5.41) is 1.93. The fourth-order valence-electron chi connectivity index (χ4n) is 3.00. The molecule has 2 aromatic rings. The van der Waals surface area contributed by atoms with E-state index in [1.165, 1.54) is 21.3 Å². The summed E-state index contributed by atoms with van der Waals surface area (Å²) >= 11 is 1.60. The van der Waals surface area contributed by atoms with Crippen LogP contribution in [-0.2, 0) is 28.4 Å². The third-order valence-electron chi connectivity index (χ3n) is 4.18. The van der Waals surface area contributed by atoms with Crippen LogP contribution in [0, 0.1) is 0 Å². The van der Waals surface area contributed by atoms with E-state index in [0.29, 0.717) is 13.0 Å². The van der Waals surface area contributed by atoms with Crippen molar-refractivity contribution in [2.45, 2.75) is 31.3 Å². The predicted octanol–water partition coefficient (Wildman–Crippen LogP) is 4.22. The number of hydrogen-bond donors (Lipinski definition) is 0. The topological polar surface area (TPSA) is 37.4 Å². The van der Waals surface area contributed by atoms with Crippen LogP contribution >= 0.6 is 11.3 Å². The number of fused-ring (bicyclic) bond motifs is 1. The van der Waals surface area contributed by atoms with Gasteiger partial charge in [-0.15, -0.1) is 11.3 Å². The molecule has 2 heterocycles. The molecule has 0 spiro atoms. The van der Waals surface area contributed by atoms with Gasteiger partial charge in [-0.3, -0.25) is 0 Å². The molecule has 0 N–H and O–H groups in total. The first-order valence-electron chi connectivity index (χ1n) is 7.40. The number of halogens is 3. The second-order valence-corrected chi connectivity index (χ2v) is 8.71. The molecule has 130 valence electrons. The van der Waals surface area contributed by atoms with Crippen LogP contribution in [0.25, 0.3) is 0 Å². The molecule has 0 bridgehead atoms. The van der Waals surface area contributed by atoms with E-state index in [-0.39, 0.29) is 11.6 Å². The average Bonchev–Trinajstić information content (AvgIpc) is 2.95.